The predicted octanol–water partition coefficient (Wildman–Crippen LogP) is -0.00210. The summed E-state index contributed by atoms with van der Waals surface area (Å²) >= 11 is 0. The predicted molar refractivity (Wildman–Crippen MR) is 95.2 cm³/mol. The van der Waals surface area contributed by atoms with E-state index >= 15 is 0 Å². The molecule has 0 aromatic heterocycles. The van der Waals surface area contributed by atoms with Crippen LogP contribution < -0.4 is 5.73 Å². The summed E-state index contributed by atoms with van der Waals surface area (Å²) in [6.45, 7) is 8.70. The van der Waals surface area contributed by atoms with Gasteiger partial charge in [-0.1, -0.05) is 0 Å². The molecule has 0 radical (unpaired) electrons. The van der Waals surface area contributed by atoms with Crippen molar-refractivity contribution in [3.05, 3.63) is 0 Å². The molecular weight excluding hydrogens is 346 g/mol. The zero-order valence-corrected chi connectivity index (χ0v) is 15.9. The minimum atomic E-state index is -0.243. The third-order valence-corrected chi connectivity index (χ3v) is 2.88. The molecule has 9 nitrogen and oxygen atoms in total. The Balaban J connectivity index is 3.02. The molecule has 0 aliphatic carbocycles. The molecule has 0 fully saturated rings. The Morgan fingerprint density at radius 1 is 0.615 bits per heavy atom. The summed E-state index contributed by atoms with van der Waals surface area (Å²) in [5.74, 6) is -0.243. The SMILES string of the molecule is CCOC(=O)CCOCCOCCOCCOCCOCCOCCN. The van der Waals surface area contributed by atoms with E-state index in [9.17, 15) is 4.79 Å². The van der Waals surface area contributed by atoms with Crippen LogP contribution in [0.3, 0.4) is 0 Å². The molecule has 0 saturated carbocycles. The van der Waals surface area contributed by atoms with Gasteiger partial charge in [0, 0.05) is 6.54 Å². The number of hydrogen-bond donors (Lipinski definition) is 1. The Labute approximate surface area is 156 Å². The lowest BCUT2D eigenvalue weighted by Crippen LogP contribution is -2.15. The van der Waals surface area contributed by atoms with Crippen LogP contribution in [0.2, 0.25) is 0 Å². The Hall–Kier alpha value is -0.810. The molecule has 0 aliphatic heterocycles. The van der Waals surface area contributed by atoms with Gasteiger partial charge in [-0.15, -0.1) is 0 Å². The summed E-state index contributed by atoms with van der Waals surface area (Å²) in [6.07, 6.45) is 0.268. The average molecular weight is 381 g/mol. The Morgan fingerprint density at radius 2 is 0.962 bits per heavy atom. The lowest BCUT2D eigenvalue weighted by molar-refractivity contribution is -0.144. The van der Waals surface area contributed by atoms with Crippen molar-refractivity contribution in [2.45, 2.75) is 13.3 Å². The number of rotatable bonds is 21. The van der Waals surface area contributed by atoms with Crippen molar-refractivity contribution < 1.29 is 38.0 Å². The van der Waals surface area contributed by atoms with Crippen LogP contribution >= 0.6 is 0 Å². The van der Waals surface area contributed by atoms with Gasteiger partial charge in [0.2, 0.25) is 0 Å². The summed E-state index contributed by atoms with van der Waals surface area (Å²) < 4.78 is 36.6. The Bertz CT molecular complexity index is 294. The number of esters is 1. The number of carbonyl (C=O) groups is 1. The summed E-state index contributed by atoms with van der Waals surface area (Å²) in [5.41, 5.74) is 5.29. The summed E-state index contributed by atoms with van der Waals surface area (Å²) in [7, 11) is 0. The van der Waals surface area contributed by atoms with E-state index < -0.39 is 0 Å². The van der Waals surface area contributed by atoms with Crippen molar-refractivity contribution >= 4 is 5.97 Å². The van der Waals surface area contributed by atoms with Crippen LogP contribution in [0.15, 0.2) is 0 Å². The largest absolute Gasteiger partial charge is 0.466 e. The van der Waals surface area contributed by atoms with Crippen LogP contribution in [0.1, 0.15) is 13.3 Å². The smallest absolute Gasteiger partial charge is 0.308 e. The van der Waals surface area contributed by atoms with Gasteiger partial charge in [0.05, 0.1) is 92.3 Å². The second kappa shape index (κ2) is 22.2. The molecule has 0 unspecified atom stereocenters. The molecular formula is C17H35NO8. The highest BCUT2D eigenvalue weighted by Crippen LogP contribution is 1.89. The van der Waals surface area contributed by atoms with Crippen LogP contribution in [-0.4, -0.2) is 98.4 Å². The molecule has 0 aromatic carbocycles. The summed E-state index contributed by atoms with van der Waals surface area (Å²) in [5, 5.41) is 0. The number of carbonyl (C=O) groups excluding carboxylic acids is 1. The van der Waals surface area contributed by atoms with Crippen molar-refractivity contribution in [2.75, 3.05) is 92.4 Å². The second-order valence-corrected chi connectivity index (χ2v) is 5.02. The average Bonchev–Trinajstić information content (AvgIpc) is 2.64. The summed E-state index contributed by atoms with van der Waals surface area (Å²) in [6, 6.07) is 0. The molecule has 0 aliphatic rings. The monoisotopic (exact) mass is 381 g/mol. The van der Waals surface area contributed by atoms with Crippen LogP contribution in [0.25, 0.3) is 0 Å². The topological polar surface area (TPSA) is 108 Å². The summed E-state index contributed by atoms with van der Waals surface area (Å²) in [4.78, 5) is 11.0. The first-order valence-corrected chi connectivity index (χ1v) is 9.13. The van der Waals surface area contributed by atoms with Crippen molar-refractivity contribution in [1.82, 2.24) is 0 Å². The van der Waals surface area contributed by atoms with E-state index in [0.29, 0.717) is 92.4 Å². The first-order valence-electron chi connectivity index (χ1n) is 9.13. The van der Waals surface area contributed by atoms with Crippen LogP contribution in [0.4, 0.5) is 0 Å². The minimum Gasteiger partial charge on any atom is -0.466 e. The van der Waals surface area contributed by atoms with Crippen LogP contribution in [-0.2, 0) is 38.0 Å². The van der Waals surface area contributed by atoms with Crippen molar-refractivity contribution in [3.8, 4) is 0 Å². The molecule has 0 atom stereocenters. The van der Waals surface area contributed by atoms with E-state index in [1.807, 2.05) is 0 Å². The highest BCUT2D eigenvalue weighted by atomic mass is 16.6. The maximum absolute atomic E-state index is 11.0. The van der Waals surface area contributed by atoms with Gasteiger partial charge < -0.3 is 38.9 Å². The second-order valence-electron chi connectivity index (χ2n) is 5.02. The highest BCUT2D eigenvalue weighted by molar-refractivity contribution is 5.69. The first kappa shape index (κ1) is 25.2. The Morgan fingerprint density at radius 3 is 1.31 bits per heavy atom. The third-order valence-electron chi connectivity index (χ3n) is 2.88. The molecule has 26 heavy (non-hydrogen) atoms. The molecule has 9 heteroatoms. The number of ether oxygens (including phenoxy) is 7. The zero-order valence-electron chi connectivity index (χ0n) is 15.9. The van der Waals surface area contributed by atoms with Crippen LogP contribution in [0, 0.1) is 0 Å². The van der Waals surface area contributed by atoms with E-state index in [-0.39, 0.29) is 12.4 Å². The zero-order chi connectivity index (χ0) is 19.1. The molecule has 0 spiro atoms. The van der Waals surface area contributed by atoms with Gasteiger partial charge in [-0.2, -0.15) is 0 Å². The minimum absolute atomic E-state index is 0.243. The number of hydrogen-bond acceptors (Lipinski definition) is 9. The van der Waals surface area contributed by atoms with Gasteiger partial charge in [-0.05, 0) is 6.92 Å². The number of nitrogens with two attached hydrogens (primary N) is 1. The first-order chi connectivity index (χ1) is 12.8. The van der Waals surface area contributed by atoms with Crippen LogP contribution in [0.5, 0.6) is 0 Å². The van der Waals surface area contributed by atoms with E-state index in [1.54, 1.807) is 6.92 Å². The van der Waals surface area contributed by atoms with Gasteiger partial charge in [0.15, 0.2) is 0 Å². The normalized spacial score (nSPS) is 11.0. The van der Waals surface area contributed by atoms with Gasteiger partial charge in [-0.25, -0.2) is 0 Å². The van der Waals surface area contributed by atoms with Gasteiger partial charge in [0.25, 0.3) is 0 Å². The highest BCUT2D eigenvalue weighted by Gasteiger charge is 2.00. The molecule has 0 rings (SSSR count). The maximum atomic E-state index is 11.0. The molecule has 0 amide bonds. The quantitative estimate of drug-likeness (QED) is 0.217. The van der Waals surface area contributed by atoms with Crippen molar-refractivity contribution in [3.63, 3.8) is 0 Å². The maximum Gasteiger partial charge on any atom is 0.308 e. The standard InChI is InChI=1S/C17H35NO8/c1-2-26-17(19)3-5-20-7-9-22-11-13-24-15-16-25-14-12-23-10-8-21-6-4-18/h2-16,18H2,1H3. The molecule has 2 N–H and O–H groups in total. The van der Waals surface area contributed by atoms with E-state index in [1.165, 1.54) is 0 Å². The molecule has 0 saturated heterocycles. The molecule has 0 heterocycles. The lowest BCUT2D eigenvalue weighted by Gasteiger charge is -2.08. The van der Waals surface area contributed by atoms with Gasteiger partial charge >= 0.3 is 5.97 Å². The van der Waals surface area contributed by atoms with Crippen molar-refractivity contribution in [2.24, 2.45) is 5.73 Å². The fourth-order valence-corrected chi connectivity index (χ4v) is 1.67. The Kier molecular flexibility index (Phi) is 21.5. The molecule has 0 aromatic rings. The van der Waals surface area contributed by atoms with E-state index in [0.717, 1.165) is 0 Å². The third kappa shape index (κ3) is 21.2. The van der Waals surface area contributed by atoms with E-state index in [4.69, 9.17) is 38.9 Å². The van der Waals surface area contributed by atoms with Crippen molar-refractivity contribution in [1.29, 1.82) is 0 Å². The lowest BCUT2D eigenvalue weighted by atomic mass is 10.5. The fourth-order valence-electron chi connectivity index (χ4n) is 1.67. The fraction of sp³-hybridized carbons (Fsp3) is 0.941. The van der Waals surface area contributed by atoms with Gasteiger partial charge in [-0.3, -0.25) is 4.79 Å². The molecule has 0 bridgehead atoms. The van der Waals surface area contributed by atoms with Gasteiger partial charge in [0.1, 0.15) is 0 Å². The molecule has 156 valence electrons. The van der Waals surface area contributed by atoms with E-state index in [2.05, 4.69) is 0 Å².